The first-order valence-electron chi connectivity index (χ1n) is 4.05. The minimum atomic E-state index is -0.942. The fourth-order valence-corrected chi connectivity index (χ4v) is 3.54. The number of hydrogen-bond acceptors (Lipinski definition) is 2. The summed E-state index contributed by atoms with van der Waals surface area (Å²) in [5.41, 5.74) is 0.765. The molecular weight excluding hydrogens is 410 g/mol. The lowest BCUT2D eigenvalue weighted by molar-refractivity contribution is -0.139. The van der Waals surface area contributed by atoms with Crippen LogP contribution in [0.1, 0.15) is 13.3 Å². The van der Waals surface area contributed by atoms with Crippen molar-refractivity contribution in [2.24, 2.45) is 5.92 Å². The SMILES string of the molecule is CC(C(=O)O)C1=CC(I)=CC(O)(I)C1. The number of aliphatic hydroxyl groups is 1. The highest BCUT2D eigenvalue weighted by atomic mass is 127. The Morgan fingerprint density at radius 1 is 1.71 bits per heavy atom. The molecule has 0 aromatic rings. The number of hydrogen-bond donors (Lipinski definition) is 2. The lowest BCUT2D eigenvalue weighted by atomic mass is 9.92. The fraction of sp³-hybridized carbons (Fsp3) is 0.444. The van der Waals surface area contributed by atoms with Crippen LogP contribution in [-0.2, 0) is 4.79 Å². The first kappa shape index (κ1) is 12.4. The molecule has 2 atom stereocenters. The maximum atomic E-state index is 10.8. The molecule has 3 nitrogen and oxygen atoms in total. The Morgan fingerprint density at radius 2 is 2.29 bits per heavy atom. The monoisotopic (exact) mass is 420 g/mol. The molecule has 2 unspecified atom stereocenters. The third-order valence-electron chi connectivity index (χ3n) is 2.06. The molecule has 0 fully saturated rings. The van der Waals surface area contributed by atoms with Crippen molar-refractivity contribution in [3.05, 3.63) is 21.3 Å². The van der Waals surface area contributed by atoms with E-state index < -0.39 is 15.5 Å². The second-order valence-corrected chi connectivity index (χ2v) is 6.42. The number of aliphatic carboxylic acids is 1. The zero-order valence-electron chi connectivity index (χ0n) is 7.50. The highest BCUT2D eigenvalue weighted by Crippen LogP contribution is 2.36. The van der Waals surface area contributed by atoms with Crippen molar-refractivity contribution in [3.8, 4) is 0 Å². The molecule has 0 amide bonds. The van der Waals surface area contributed by atoms with Crippen LogP contribution >= 0.6 is 45.2 Å². The molecule has 0 aliphatic heterocycles. The molecule has 0 radical (unpaired) electrons. The van der Waals surface area contributed by atoms with Crippen molar-refractivity contribution >= 4 is 51.2 Å². The summed E-state index contributed by atoms with van der Waals surface area (Å²) in [6.45, 7) is 1.64. The van der Waals surface area contributed by atoms with E-state index >= 15 is 0 Å². The molecule has 1 aliphatic rings. The summed E-state index contributed by atoms with van der Waals surface area (Å²) < 4.78 is -0.0592. The molecule has 5 heteroatoms. The Bertz CT molecular complexity index is 318. The summed E-state index contributed by atoms with van der Waals surface area (Å²) in [5, 5.41) is 18.7. The molecule has 0 bridgehead atoms. The summed E-state index contributed by atoms with van der Waals surface area (Å²) >= 11 is 4.00. The topological polar surface area (TPSA) is 57.5 Å². The van der Waals surface area contributed by atoms with Gasteiger partial charge in [0.1, 0.15) is 3.61 Å². The predicted octanol–water partition coefficient (Wildman–Crippen LogP) is 2.48. The quantitative estimate of drug-likeness (QED) is 0.534. The Hall–Kier alpha value is 0.370. The fourth-order valence-electron chi connectivity index (χ4n) is 1.26. The van der Waals surface area contributed by atoms with E-state index in [0.717, 1.165) is 9.15 Å². The van der Waals surface area contributed by atoms with Gasteiger partial charge in [-0.2, -0.15) is 0 Å². The van der Waals surface area contributed by atoms with Gasteiger partial charge in [0, 0.05) is 10.0 Å². The largest absolute Gasteiger partial charge is 0.481 e. The standard InChI is InChI=1S/C9H10I2O3/c1-5(8(12)13)6-2-7(10)4-9(11,14)3-6/h2,4-5,14H,3H2,1H3,(H,12,13). The van der Waals surface area contributed by atoms with Crippen LogP contribution in [0, 0.1) is 5.92 Å². The highest BCUT2D eigenvalue weighted by molar-refractivity contribution is 14.1. The summed E-state index contributed by atoms with van der Waals surface area (Å²) in [6.07, 6.45) is 3.94. The molecule has 0 aromatic carbocycles. The molecule has 1 aliphatic carbocycles. The smallest absolute Gasteiger partial charge is 0.310 e. The van der Waals surface area contributed by atoms with Gasteiger partial charge in [-0.25, -0.2) is 0 Å². The normalized spacial score (nSPS) is 29.1. The molecule has 78 valence electrons. The second kappa shape index (κ2) is 4.48. The first-order valence-corrected chi connectivity index (χ1v) is 6.20. The van der Waals surface area contributed by atoms with Gasteiger partial charge in [0.25, 0.3) is 0 Å². The number of carboxylic acid groups (broad SMARTS) is 1. The van der Waals surface area contributed by atoms with Gasteiger partial charge in [0.2, 0.25) is 0 Å². The molecule has 2 N–H and O–H groups in total. The van der Waals surface area contributed by atoms with Crippen molar-refractivity contribution in [2.75, 3.05) is 0 Å². The molecule has 0 saturated heterocycles. The summed E-state index contributed by atoms with van der Waals surface area (Å²) in [7, 11) is 0. The molecule has 14 heavy (non-hydrogen) atoms. The van der Waals surface area contributed by atoms with Gasteiger partial charge >= 0.3 is 5.97 Å². The molecule has 0 saturated carbocycles. The van der Waals surface area contributed by atoms with Crippen LogP contribution in [0.15, 0.2) is 21.3 Å². The Balaban J connectivity index is 2.93. The molecule has 0 spiro atoms. The number of carboxylic acids is 1. The van der Waals surface area contributed by atoms with E-state index in [2.05, 4.69) is 22.6 Å². The zero-order valence-corrected chi connectivity index (χ0v) is 11.8. The first-order chi connectivity index (χ1) is 6.32. The lowest BCUT2D eigenvalue weighted by Gasteiger charge is -2.25. The van der Waals surface area contributed by atoms with E-state index in [0.29, 0.717) is 6.42 Å². The predicted molar refractivity (Wildman–Crippen MR) is 70.6 cm³/mol. The third kappa shape index (κ3) is 3.20. The van der Waals surface area contributed by atoms with E-state index in [1.165, 1.54) is 0 Å². The maximum Gasteiger partial charge on any atom is 0.310 e. The highest BCUT2D eigenvalue weighted by Gasteiger charge is 2.29. The van der Waals surface area contributed by atoms with Crippen molar-refractivity contribution in [2.45, 2.75) is 17.0 Å². The number of rotatable bonds is 2. The molecular formula is C9H10I2O3. The molecule has 0 heterocycles. The molecule has 0 aromatic heterocycles. The van der Waals surface area contributed by atoms with Gasteiger partial charge in [0.15, 0.2) is 0 Å². The van der Waals surface area contributed by atoms with Crippen molar-refractivity contribution < 1.29 is 15.0 Å². The summed E-state index contributed by atoms with van der Waals surface area (Å²) in [4.78, 5) is 10.8. The van der Waals surface area contributed by atoms with Crippen molar-refractivity contribution in [1.82, 2.24) is 0 Å². The summed E-state index contributed by atoms with van der Waals surface area (Å²) in [5.74, 6) is -1.38. The third-order valence-corrected chi connectivity index (χ3v) is 3.38. The number of carbonyl (C=O) groups is 1. The van der Waals surface area contributed by atoms with Gasteiger partial charge in [-0.1, -0.05) is 5.57 Å². The average Bonchev–Trinajstić information content (AvgIpc) is 1.98. The Kier molecular flexibility index (Phi) is 3.98. The van der Waals surface area contributed by atoms with Gasteiger partial charge in [-0.15, -0.1) is 0 Å². The lowest BCUT2D eigenvalue weighted by Crippen LogP contribution is -2.24. The van der Waals surface area contributed by atoms with Gasteiger partial charge < -0.3 is 10.2 Å². The Labute approximate surface area is 110 Å². The van der Waals surface area contributed by atoms with Crippen LogP contribution in [0.3, 0.4) is 0 Å². The number of allylic oxidation sites excluding steroid dienone is 2. The van der Waals surface area contributed by atoms with Crippen LogP contribution in [0.25, 0.3) is 0 Å². The van der Waals surface area contributed by atoms with Crippen LogP contribution < -0.4 is 0 Å². The van der Waals surface area contributed by atoms with Gasteiger partial charge in [0.05, 0.1) is 5.92 Å². The average molecular weight is 420 g/mol. The van der Waals surface area contributed by atoms with E-state index in [9.17, 15) is 9.90 Å². The van der Waals surface area contributed by atoms with E-state index in [1.807, 2.05) is 28.7 Å². The van der Waals surface area contributed by atoms with E-state index in [-0.39, 0.29) is 0 Å². The molecule has 1 rings (SSSR count). The number of alkyl halides is 1. The maximum absolute atomic E-state index is 10.8. The van der Waals surface area contributed by atoms with Crippen molar-refractivity contribution in [1.29, 1.82) is 0 Å². The van der Waals surface area contributed by atoms with Crippen LogP contribution in [0.4, 0.5) is 0 Å². The van der Waals surface area contributed by atoms with E-state index in [1.54, 1.807) is 13.0 Å². The van der Waals surface area contributed by atoms with Crippen LogP contribution in [0.2, 0.25) is 0 Å². The van der Waals surface area contributed by atoms with Gasteiger partial charge in [-0.3, -0.25) is 4.79 Å². The number of halogens is 2. The minimum Gasteiger partial charge on any atom is -0.481 e. The minimum absolute atomic E-state index is 0.382. The van der Waals surface area contributed by atoms with Crippen molar-refractivity contribution in [3.63, 3.8) is 0 Å². The van der Waals surface area contributed by atoms with Gasteiger partial charge in [-0.05, 0) is 64.3 Å². The van der Waals surface area contributed by atoms with Crippen LogP contribution in [0.5, 0.6) is 0 Å². The summed E-state index contributed by atoms with van der Waals surface area (Å²) in [6, 6.07) is 0. The Morgan fingerprint density at radius 3 is 2.71 bits per heavy atom. The van der Waals surface area contributed by atoms with E-state index in [4.69, 9.17) is 5.11 Å². The zero-order chi connectivity index (χ0) is 10.9. The second-order valence-electron chi connectivity index (χ2n) is 3.30. The van der Waals surface area contributed by atoms with Crippen LogP contribution in [-0.4, -0.2) is 19.8 Å².